The molecule has 3 heterocycles. The molecule has 0 amide bonds. The van der Waals surface area contributed by atoms with Crippen molar-refractivity contribution in [1.82, 2.24) is 24.5 Å². The summed E-state index contributed by atoms with van der Waals surface area (Å²) in [4.78, 5) is 16.7. The summed E-state index contributed by atoms with van der Waals surface area (Å²) in [6.07, 6.45) is 5.87. The lowest BCUT2D eigenvalue weighted by Crippen LogP contribution is -2.40. The fourth-order valence-corrected chi connectivity index (χ4v) is 4.35. The Kier molecular flexibility index (Phi) is 4.47. The van der Waals surface area contributed by atoms with Crippen molar-refractivity contribution in [2.75, 3.05) is 12.4 Å². The molecule has 1 aliphatic carbocycles. The third-order valence-electron chi connectivity index (χ3n) is 5.95. The van der Waals surface area contributed by atoms with Crippen LogP contribution in [0.5, 0.6) is 0 Å². The van der Waals surface area contributed by atoms with Crippen LogP contribution < -0.4 is 5.32 Å². The standard InChI is InChI=1S/C22H25FN6O/c1-11(2)29-12(3)26-20-18(23)5-13(6-19(20)29)16-9-24-21-17(16)10-25-22(28-21)27-14-7-15(8-14)30-4/h5-6,9-11,14-15H,7-8H2,1-4H3,(H2,24,25,27,28). The van der Waals surface area contributed by atoms with Gasteiger partial charge in [0.2, 0.25) is 5.95 Å². The monoisotopic (exact) mass is 408 g/mol. The third kappa shape index (κ3) is 3.02. The zero-order valence-corrected chi connectivity index (χ0v) is 17.5. The van der Waals surface area contributed by atoms with Gasteiger partial charge in [0.1, 0.15) is 17.0 Å². The van der Waals surface area contributed by atoms with E-state index >= 15 is 0 Å². The number of rotatable bonds is 5. The number of aryl methyl sites for hydroxylation is 1. The molecule has 1 fully saturated rings. The molecular weight excluding hydrogens is 383 g/mol. The van der Waals surface area contributed by atoms with Crippen LogP contribution >= 0.6 is 0 Å². The Bertz CT molecular complexity index is 1240. The van der Waals surface area contributed by atoms with Crippen molar-refractivity contribution in [3.8, 4) is 11.1 Å². The second kappa shape index (κ2) is 7.05. The lowest BCUT2D eigenvalue weighted by molar-refractivity contribution is 0.0327. The van der Waals surface area contributed by atoms with Crippen LogP contribution in [0.15, 0.2) is 24.5 Å². The van der Waals surface area contributed by atoms with E-state index in [-0.39, 0.29) is 11.9 Å². The first kappa shape index (κ1) is 19.0. The average molecular weight is 408 g/mol. The van der Waals surface area contributed by atoms with Crippen molar-refractivity contribution in [3.63, 3.8) is 0 Å². The van der Waals surface area contributed by atoms with Gasteiger partial charge in [-0.2, -0.15) is 4.98 Å². The van der Waals surface area contributed by atoms with Crippen molar-refractivity contribution < 1.29 is 9.13 Å². The second-order valence-electron chi connectivity index (χ2n) is 8.28. The zero-order chi connectivity index (χ0) is 21.0. The van der Waals surface area contributed by atoms with E-state index < -0.39 is 0 Å². The Morgan fingerprint density at radius 2 is 2.07 bits per heavy atom. The van der Waals surface area contributed by atoms with Crippen molar-refractivity contribution in [2.45, 2.75) is 51.8 Å². The topological polar surface area (TPSA) is 80.6 Å². The summed E-state index contributed by atoms with van der Waals surface area (Å²) >= 11 is 0. The van der Waals surface area contributed by atoms with Gasteiger partial charge in [0.05, 0.1) is 11.6 Å². The highest BCUT2D eigenvalue weighted by Gasteiger charge is 2.29. The predicted molar refractivity (Wildman–Crippen MR) is 115 cm³/mol. The summed E-state index contributed by atoms with van der Waals surface area (Å²) in [6.45, 7) is 6.05. The third-order valence-corrected chi connectivity index (χ3v) is 5.95. The number of nitrogens with zero attached hydrogens (tertiary/aromatic N) is 4. The maximum Gasteiger partial charge on any atom is 0.224 e. The molecule has 0 radical (unpaired) electrons. The number of aromatic amines is 1. The number of anilines is 1. The Balaban J connectivity index is 1.52. The first-order chi connectivity index (χ1) is 14.4. The fourth-order valence-electron chi connectivity index (χ4n) is 4.35. The number of ether oxygens (including phenoxy) is 1. The van der Waals surface area contributed by atoms with Crippen LogP contribution in [0.3, 0.4) is 0 Å². The van der Waals surface area contributed by atoms with Gasteiger partial charge in [-0.25, -0.2) is 14.4 Å². The summed E-state index contributed by atoms with van der Waals surface area (Å²) in [7, 11) is 1.74. The molecule has 5 rings (SSSR count). The van der Waals surface area contributed by atoms with E-state index in [9.17, 15) is 4.39 Å². The highest BCUT2D eigenvalue weighted by atomic mass is 19.1. The van der Waals surface area contributed by atoms with Gasteiger partial charge in [-0.15, -0.1) is 0 Å². The van der Waals surface area contributed by atoms with Crippen LogP contribution in [-0.4, -0.2) is 43.8 Å². The minimum atomic E-state index is -0.323. The quantitative estimate of drug-likeness (QED) is 0.505. The molecule has 7 nitrogen and oxygen atoms in total. The summed E-state index contributed by atoms with van der Waals surface area (Å²) in [6, 6.07) is 4.05. The van der Waals surface area contributed by atoms with E-state index in [0.717, 1.165) is 46.3 Å². The maximum absolute atomic E-state index is 14.9. The summed E-state index contributed by atoms with van der Waals surface area (Å²) < 4.78 is 22.2. The molecular formula is C22H25FN6O. The molecule has 1 saturated carbocycles. The van der Waals surface area contributed by atoms with Gasteiger partial charge in [-0.3, -0.25) is 0 Å². The van der Waals surface area contributed by atoms with Gasteiger partial charge in [-0.1, -0.05) is 0 Å². The van der Waals surface area contributed by atoms with E-state index in [1.165, 1.54) is 6.07 Å². The Morgan fingerprint density at radius 3 is 2.80 bits per heavy atom. The predicted octanol–water partition coefficient (Wildman–Crippen LogP) is 4.59. The highest BCUT2D eigenvalue weighted by molar-refractivity contribution is 5.96. The molecule has 30 heavy (non-hydrogen) atoms. The Labute approximate surface area is 173 Å². The molecule has 0 aliphatic heterocycles. The molecule has 0 spiro atoms. The summed E-state index contributed by atoms with van der Waals surface area (Å²) in [5.41, 5.74) is 3.57. The van der Waals surface area contributed by atoms with Crippen LogP contribution in [-0.2, 0) is 4.74 Å². The average Bonchev–Trinajstić information content (AvgIpc) is 3.24. The Hall–Kier alpha value is -3.00. The number of hydrogen-bond donors (Lipinski definition) is 2. The van der Waals surface area contributed by atoms with Gasteiger partial charge < -0.3 is 19.6 Å². The van der Waals surface area contributed by atoms with Gasteiger partial charge in [0.15, 0.2) is 5.82 Å². The smallest absolute Gasteiger partial charge is 0.224 e. The maximum atomic E-state index is 14.9. The molecule has 0 bridgehead atoms. The lowest BCUT2D eigenvalue weighted by Gasteiger charge is -2.34. The van der Waals surface area contributed by atoms with Crippen molar-refractivity contribution in [3.05, 3.63) is 36.2 Å². The molecule has 0 saturated heterocycles. The summed E-state index contributed by atoms with van der Waals surface area (Å²) in [5, 5.41) is 4.20. The van der Waals surface area contributed by atoms with Crippen LogP contribution in [0.4, 0.5) is 10.3 Å². The first-order valence-corrected chi connectivity index (χ1v) is 10.3. The molecule has 0 unspecified atom stereocenters. The first-order valence-electron chi connectivity index (χ1n) is 10.3. The zero-order valence-electron chi connectivity index (χ0n) is 17.5. The van der Waals surface area contributed by atoms with E-state index in [0.29, 0.717) is 23.6 Å². The van der Waals surface area contributed by atoms with Gasteiger partial charge in [0, 0.05) is 42.5 Å². The normalized spacial score (nSPS) is 19.0. The summed E-state index contributed by atoms with van der Waals surface area (Å²) in [5.74, 6) is 1.07. The van der Waals surface area contributed by atoms with Gasteiger partial charge >= 0.3 is 0 Å². The molecule has 156 valence electrons. The number of fused-ring (bicyclic) bond motifs is 2. The number of hydrogen-bond acceptors (Lipinski definition) is 5. The number of nitrogens with one attached hydrogen (secondary N) is 2. The van der Waals surface area contributed by atoms with Gasteiger partial charge in [0.25, 0.3) is 0 Å². The van der Waals surface area contributed by atoms with Crippen molar-refractivity contribution >= 4 is 28.0 Å². The fraction of sp³-hybridized carbons (Fsp3) is 0.409. The molecule has 2 N–H and O–H groups in total. The van der Waals surface area contributed by atoms with Crippen LogP contribution in [0.25, 0.3) is 33.2 Å². The van der Waals surface area contributed by atoms with Crippen molar-refractivity contribution in [2.24, 2.45) is 0 Å². The SMILES string of the molecule is COC1CC(Nc2ncc3c(-c4cc(F)c5nc(C)n(C(C)C)c5c4)c[nH]c3n2)C1. The van der Waals surface area contributed by atoms with Crippen LogP contribution in [0.2, 0.25) is 0 Å². The number of aromatic nitrogens is 5. The molecule has 8 heteroatoms. The lowest BCUT2D eigenvalue weighted by atomic mass is 9.89. The van der Waals surface area contributed by atoms with E-state index in [2.05, 4.69) is 43.7 Å². The number of H-pyrrole nitrogens is 1. The van der Waals surface area contributed by atoms with Crippen molar-refractivity contribution in [1.29, 1.82) is 0 Å². The Morgan fingerprint density at radius 1 is 1.27 bits per heavy atom. The molecule has 1 aromatic carbocycles. The number of methoxy groups -OCH3 is 1. The molecule has 3 aromatic heterocycles. The molecule has 4 aromatic rings. The van der Waals surface area contributed by atoms with E-state index in [1.54, 1.807) is 13.3 Å². The molecule has 1 aliphatic rings. The molecule has 0 atom stereocenters. The van der Waals surface area contributed by atoms with E-state index in [4.69, 9.17) is 4.74 Å². The minimum Gasteiger partial charge on any atom is -0.381 e. The van der Waals surface area contributed by atoms with Crippen LogP contribution in [0, 0.1) is 12.7 Å². The van der Waals surface area contributed by atoms with E-state index in [1.807, 2.05) is 19.2 Å². The number of benzene rings is 1. The number of imidazole rings is 1. The van der Waals surface area contributed by atoms with Crippen LogP contribution in [0.1, 0.15) is 38.6 Å². The number of halogens is 1. The minimum absolute atomic E-state index is 0.189. The van der Waals surface area contributed by atoms with Gasteiger partial charge in [-0.05, 0) is 51.3 Å². The highest BCUT2D eigenvalue weighted by Crippen LogP contribution is 2.33. The second-order valence-corrected chi connectivity index (χ2v) is 8.28. The largest absolute Gasteiger partial charge is 0.381 e.